The van der Waals surface area contributed by atoms with Crippen molar-refractivity contribution in [2.75, 3.05) is 48.8 Å². The third-order valence-corrected chi connectivity index (χ3v) is 8.71. The first-order valence-electron chi connectivity index (χ1n) is 13.6. The summed E-state index contributed by atoms with van der Waals surface area (Å²) in [7, 11) is 1.95. The minimum atomic E-state index is 0.559. The van der Waals surface area contributed by atoms with E-state index in [1.165, 1.54) is 55.5 Å². The molecule has 1 aromatic heterocycles. The summed E-state index contributed by atoms with van der Waals surface area (Å²) in [6, 6.07) is 7.46. The van der Waals surface area contributed by atoms with Gasteiger partial charge in [-0.05, 0) is 81.4 Å². The van der Waals surface area contributed by atoms with E-state index >= 15 is 0 Å². The van der Waals surface area contributed by atoms with Crippen molar-refractivity contribution in [2.45, 2.75) is 72.9 Å². The Labute approximate surface area is 211 Å². The van der Waals surface area contributed by atoms with Gasteiger partial charge in [0.25, 0.3) is 0 Å². The molecule has 3 fully saturated rings. The fourth-order valence-electron chi connectivity index (χ4n) is 6.55. The highest BCUT2D eigenvalue weighted by Crippen LogP contribution is 2.44. The predicted molar refractivity (Wildman–Crippen MR) is 146 cm³/mol. The molecule has 6 heteroatoms. The summed E-state index contributed by atoms with van der Waals surface area (Å²) in [5.41, 5.74) is 6.46. The number of nitrogens with one attached hydrogen (secondary N) is 2. The molecule has 1 atom stereocenters. The average molecular weight is 477 g/mol. The third-order valence-electron chi connectivity index (χ3n) is 8.71. The Bertz CT molecular complexity index is 1050. The number of aryl methyl sites for hydroxylation is 3. The Hall–Kier alpha value is -2.34. The van der Waals surface area contributed by atoms with Gasteiger partial charge in [-0.3, -0.25) is 0 Å². The van der Waals surface area contributed by atoms with Crippen molar-refractivity contribution in [3.63, 3.8) is 0 Å². The maximum absolute atomic E-state index is 4.98. The van der Waals surface area contributed by atoms with Gasteiger partial charge in [0.2, 0.25) is 5.95 Å². The number of rotatable bonds is 7. The molecule has 190 valence electrons. The molecule has 3 aliphatic rings. The van der Waals surface area contributed by atoms with Crippen LogP contribution in [0, 0.1) is 38.0 Å². The zero-order valence-electron chi connectivity index (χ0n) is 22.6. The molecule has 6 nitrogen and oxygen atoms in total. The number of piperidine rings is 1. The molecule has 2 aliphatic heterocycles. The number of likely N-dealkylation sites (tertiary alicyclic amines) is 1. The maximum atomic E-state index is 4.98. The van der Waals surface area contributed by atoms with Crippen LogP contribution < -0.4 is 15.5 Å². The van der Waals surface area contributed by atoms with Gasteiger partial charge in [-0.25, -0.2) is 4.98 Å². The molecule has 3 heterocycles. The van der Waals surface area contributed by atoms with E-state index in [2.05, 4.69) is 73.3 Å². The third kappa shape index (κ3) is 5.13. The highest BCUT2D eigenvalue weighted by molar-refractivity contribution is 5.68. The second-order valence-corrected chi connectivity index (χ2v) is 12.2. The summed E-state index contributed by atoms with van der Waals surface area (Å²) >= 11 is 0. The molecule has 1 aliphatic carbocycles. The largest absolute Gasteiger partial charge is 0.384 e. The minimum absolute atomic E-state index is 0.559. The molecule has 0 spiro atoms. The van der Waals surface area contributed by atoms with E-state index in [0.717, 1.165) is 60.7 Å². The van der Waals surface area contributed by atoms with Crippen LogP contribution in [0.3, 0.4) is 0 Å². The van der Waals surface area contributed by atoms with Gasteiger partial charge in [-0.15, -0.1) is 0 Å². The Morgan fingerprint density at radius 3 is 2.49 bits per heavy atom. The van der Waals surface area contributed by atoms with E-state index in [4.69, 9.17) is 9.97 Å². The second-order valence-electron chi connectivity index (χ2n) is 12.2. The lowest BCUT2D eigenvalue weighted by atomic mass is 9.67. The summed E-state index contributed by atoms with van der Waals surface area (Å²) in [6.07, 6.45) is 5.49. The van der Waals surface area contributed by atoms with Crippen molar-refractivity contribution in [1.29, 1.82) is 0 Å². The molecule has 0 bridgehead atoms. The average Bonchev–Trinajstić information content (AvgIpc) is 2.76. The van der Waals surface area contributed by atoms with Crippen LogP contribution in [0.2, 0.25) is 0 Å². The Morgan fingerprint density at radius 1 is 1.03 bits per heavy atom. The van der Waals surface area contributed by atoms with Gasteiger partial charge >= 0.3 is 0 Å². The summed E-state index contributed by atoms with van der Waals surface area (Å²) in [4.78, 5) is 15.0. The molecule has 5 rings (SSSR count). The molecule has 0 amide bonds. The van der Waals surface area contributed by atoms with Crippen LogP contribution in [0.5, 0.6) is 0 Å². The lowest BCUT2D eigenvalue weighted by molar-refractivity contribution is -0.00913. The Balaban J connectivity index is 1.22. The standard InChI is InChI=1S/C29H44N6/c1-19-9-10-22(20(2)12-19)15-31-27-26(30-6)21(3)32-28(33-27)35-17-24(18-35)23-8-7-11-34(16-23)25-13-29(4,5)14-25/h9-10,12,23-25,30H,7-8,11,13-18H2,1-6H3,(H,31,32,33)/t23-/m0/s1. The zero-order valence-corrected chi connectivity index (χ0v) is 22.6. The quantitative estimate of drug-likeness (QED) is 0.559. The topological polar surface area (TPSA) is 56.3 Å². The number of anilines is 3. The van der Waals surface area contributed by atoms with Gasteiger partial charge in [0.05, 0.1) is 11.4 Å². The zero-order chi connectivity index (χ0) is 24.7. The van der Waals surface area contributed by atoms with Crippen molar-refractivity contribution in [3.05, 3.63) is 40.6 Å². The van der Waals surface area contributed by atoms with Crippen LogP contribution in [0.15, 0.2) is 18.2 Å². The molecule has 2 saturated heterocycles. The first-order chi connectivity index (χ1) is 16.7. The van der Waals surface area contributed by atoms with Crippen LogP contribution in [0.25, 0.3) is 0 Å². The summed E-state index contributed by atoms with van der Waals surface area (Å²) < 4.78 is 0. The number of benzene rings is 1. The monoisotopic (exact) mass is 476 g/mol. The van der Waals surface area contributed by atoms with E-state index in [0.29, 0.717) is 5.41 Å². The van der Waals surface area contributed by atoms with Gasteiger partial charge in [-0.1, -0.05) is 37.6 Å². The molecular weight excluding hydrogens is 432 g/mol. The van der Waals surface area contributed by atoms with Gasteiger partial charge in [-0.2, -0.15) is 4.98 Å². The molecule has 0 unspecified atom stereocenters. The number of hydrogen-bond acceptors (Lipinski definition) is 6. The van der Waals surface area contributed by atoms with Crippen LogP contribution in [0.1, 0.15) is 61.9 Å². The van der Waals surface area contributed by atoms with Crippen molar-refractivity contribution in [2.24, 2.45) is 17.3 Å². The number of aromatic nitrogens is 2. The molecule has 2 aromatic rings. The van der Waals surface area contributed by atoms with Gasteiger partial charge < -0.3 is 20.4 Å². The van der Waals surface area contributed by atoms with Gasteiger partial charge in [0, 0.05) is 39.3 Å². The van der Waals surface area contributed by atoms with Crippen LogP contribution >= 0.6 is 0 Å². The smallest absolute Gasteiger partial charge is 0.227 e. The van der Waals surface area contributed by atoms with Crippen LogP contribution in [-0.4, -0.2) is 54.1 Å². The maximum Gasteiger partial charge on any atom is 0.227 e. The Morgan fingerprint density at radius 2 is 1.80 bits per heavy atom. The van der Waals surface area contributed by atoms with Crippen molar-refractivity contribution >= 4 is 17.5 Å². The van der Waals surface area contributed by atoms with Crippen LogP contribution in [0.4, 0.5) is 17.5 Å². The molecule has 35 heavy (non-hydrogen) atoms. The number of nitrogens with zero attached hydrogens (tertiary/aromatic N) is 4. The first-order valence-corrected chi connectivity index (χ1v) is 13.6. The molecule has 2 N–H and O–H groups in total. The summed E-state index contributed by atoms with van der Waals surface area (Å²) in [5, 5.41) is 6.90. The number of hydrogen-bond donors (Lipinski definition) is 2. The van der Waals surface area contributed by atoms with E-state index in [9.17, 15) is 0 Å². The van der Waals surface area contributed by atoms with E-state index in [1.807, 2.05) is 7.05 Å². The van der Waals surface area contributed by atoms with Gasteiger partial charge in [0.15, 0.2) is 5.82 Å². The molecule has 1 aromatic carbocycles. The van der Waals surface area contributed by atoms with E-state index < -0.39 is 0 Å². The van der Waals surface area contributed by atoms with E-state index in [-0.39, 0.29) is 0 Å². The van der Waals surface area contributed by atoms with Crippen LogP contribution in [-0.2, 0) is 6.54 Å². The SMILES string of the molecule is CNc1c(C)nc(N2CC([C@H]3CCCN(C4CC(C)(C)C4)C3)C2)nc1NCc1ccc(C)cc1C. The minimum Gasteiger partial charge on any atom is -0.384 e. The van der Waals surface area contributed by atoms with Crippen molar-refractivity contribution < 1.29 is 0 Å². The summed E-state index contributed by atoms with van der Waals surface area (Å²) in [5.74, 6) is 3.36. The second kappa shape index (κ2) is 9.61. The van der Waals surface area contributed by atoms with Gasteiger partial charge in [0.1, 0.15) is 0 Å². The lowest BCUT2D eigenvalue weighted by Gasteiger charge is -2.53. The van der Waals surface area contributed by atoms with Crippen molar-refractivity contribution in [1.82, 2.24) is 14.9 Å². The van der Waals surface area contributed by atoms with E-state index in [1.54, 1.807) is 0 Å². The molecule has 0 radical (unpaired) electrons. The predicted octanol–water partition coefficient (Wildman–Crippen LogP) is 5.39. The highest BCUT2D eigenvalue weighted by Gasteiger charge is 2.43. The lowest BCUT2D eigenvalue weighted by Crippen LogP contribution is -2.57. The normalized spacial score (nSPS) is 23.0. The fraction of sp³-hybridized carbons (Fsp3) is 0.655. The Kier molecular flexibility index (Phi) is 6.69. The first kappa shape index (κ1) is 24.4. The fourth-order valence-corrected chi connectivity index (χ4v) is 6.55. The van der Waals surface area contributed by atoms with Crippen molar-refractivity contribution in [3.8, 4) is 0 Å². The summed E-state index contributed by atoms with van der Waals surface area (Å²) in [6.45, 7) is 16.8. The molecular formula is C29H44N6. The molecule has 1 saturated carbocycles. The highest BCUT2D eigenvalue weighted by atomic mass is 15.3.